The Labute approximate surface area is 343 Å². The second kappa shape index (κ2) is 25.9. The number of fused-ring (bicyclic) bond motifs is 3. The molecule has 5 rings (SSSR count). The summed E-state index contributed by atoms with van der Waals surface area (Å²) in [6.45, 7) is 18.0. The van der Waals surface area contributed by atoms with Crippen LogP contribution in [0, 0.1) is 11.3 Å². The van der Waals surface area contributed by atoms with E-state index in [9.17, 15) is 14.4 Å². The van der Waals surface area contributed by atoms with Crippen LogP contribution in [0.1, 0.15) is 117 Å². The summed E-state index contributed by atoms with van der Waals surface area (Å²) in [5.41, 5.74) is 13.0. The van der Waals surface area contributed by atoms with Crippen LogP contribution >= 0.6 is 8.81 Å². The number of benzene rings is 3. The molecule has 0 spiro atoms. The van der Waals surface area contributed by atoms with Crippen molar-refractivity contribution in [3.05, 3.63) is 101 Å². The SMILES string of the molecule is CC.CC(C)(C)C(=O)OCO.CC(C)POCC(/C=C1/CCCC1C(=O)NCCCc1ccccc1N)NC(=O)OC1c2ccccc2-c2ccccc21.CCC. The van der Waals surface area contributed by atoms with E-state index in [0.29, 0.717) is 27.6 Å². The van der Waals surface area contributed by atoms with Gasteiger partial charge in [-0.05, 0) is 81.3 Å². The summed E-state index contributed by atoms with van der Waals surface area (Å²) in [4.78, 5) is 37.2. The first-order valence-corrected chi connectivity index (χ1v) is 21.4. The maximum Gasteiger partial charge on any atom is 0.408 e. The first-order chi connectivity index (χ1) is 27.3. The smallest absolute Gasteiger partial charge is 0.408 e. The number of aliphatic hydroxyl groups is 1. The lowest BCUT2D eigenvalue weighted by Crippen LogP contribution is -2.38. The van der Waals surface area contributed by atoms with Gasteiger partial charge >= 0.3 is 12.1 Å². The summed E-state index contributed by atoms with van der Waals surface area (Å²) in [7, 11) is 0.316. The van der Waals surface area contributed by atoms with Gasteiger partial charge in [-0.25, -0.2) is 4.79 Å². The molecule has 2 aliphatic carbocycles. The molecular weight excluding hydrogens is 737 g/mol. The predicted molar refractivity (Wildman–Crippen MR) is 234 cm³/mol. The average molecular weight is 806 g/mol. The molecule has 3 aromatic carbocycles. The van der Waals surface area contributed by atoms with E-state index < -0.39 is 30.4 Å². The molecule has 3 aromatic rings. The Balaban J connectivity index is 0.000000692. The number of nitrogens with two attached hydrogens (primary N) is 1. The van der Waals surface area contributed by atoms with Crippen LogP contribution in [0.15, 0.2) is 84.4 Å². The molecule has 3 atom stereocenters. The van der Waals surface area contributed by atoms with E-state index in [1.807, 2.05) is 80.6 Å². The van der Waals surface area contributed by atoms with Gasteiger partial charge in [0, 0.05) is 32.2 Å². The van der Waals surface area contributed by atoms with E-state index in [1.54, 1.807) is 20.8 Å². The minimum absolute atomic E-state index is 0.0373. The van der Waals surface area contributed by atoms with E-state index in [1.165, 1.54) is 6.42 Å². The standard InChI is InChI=1S/C35H42N3O4P.C6H12O3.C3H8.C2H6/c1-23(2)43-41-22-26(38-35(40)42-33-30-16-6-4-14-28(30)29-15-5-7-17-31(29)33)21-25-12-9-18-27(25)34(39)37-20-10-13-24-11-3-8-19-32(24)36;1-6(2,3)5(8)9-4-7;1-3-2;1-2/h3-8,11,14-17,19,21,23,26-27,33,43H,9-10,12-13,18,20,22,36H2,1-2H3,(H,37,39)(H,38,40);7H,4H2,1-3H3;3H2,1-2H3;1-2H3/b25-21-;;;. The van der Waals surface area contributed by atoms with Gasteiger partial charge < -0.3 is 35.5 Å². The van der Waals surface area contributed by atoms with Crippen molar-refractivity contribution in [2.45, 2.75) is 119 Å². The molecule has 0 aliphatic heterocycles. The number of para-hydroxylation sites is 1. The second-order valence-corrected chi connectivity index (χ2v) is 16.8. The van der Waals surface area contributed by atoms with E-state index in [4.69, 9.17) is 20.1 Å². The Morgan fingerprint density at radius 3 is 2.07 bits per heavy atom. The lowest BCUT2D eigenvalue weighted by Gasteiger charge is -2.21. The van der Waals surface area contributed by atoms with Crippen LogP contribution in [-0.4, -0.2) is 54.7 Å². The Kier molecular flexibility index (Phi) is 22.2. The number of esters is 1. The molecule has 57 heavy (non-hydrogen) atoms. The molecule has 2 amide bonds. The molecular formula is C46H68N3O7P. The summed E-state index contributed by atoms with van der Waals surface area (Å²) >= 11 is 0. The Morgan fingerprint density at radius 1 is 0.947 bits per heavy atom. The number of carbonyl (C=O) groups is 3. The number of nitrogens with one attached hydrogen (secondary N) is 2. The third-order valence-electron chi connectivity index (χ3n) is 8.81. The molecule has 0 heterocycles. The lowest BCUT2D eigenvalue weighted by molar-refractivity contribution is -0.161. The van der Waals surface area contributed by atoms with Crippen LogP contribution in [0.3, 0.4) is 0 Å². The molecule has 0 radical (unpaired) electrons. The van der Waals surface area contributed by atoms with E-state index >= 15 is 0 Å². The van der Waals surface area contributed by atoms with Gasteiger partial charge in [-0.3, -0.25) is 9.59 Å². The molecule has 3 unspecified atom stereocenters. The number of rotatable bonds is 13. The maximum absolute atomic E-state index is 13.3. The van der Waals surface area contributed by atoms with Crippen LogP contribution in [-0.2, 0) is 30.0 Å². The second-order valence-electron chi connectivity index (χ2n) is 15.1. The summed E-state index contributed by atoms with van der Waals surface area (Å²) in [5, 5.41) is 14.3. The monoisotopic (exact) mass is 805 g/mol. The largest absolute Gasteiger partial charge is 0.438 e. The number of anilines is 1. The highest BCUT2D eigenvalue weighted by molar-refractivity contribution is 7.33. The summed E-state index contributed by atoms with van der Waals surface area (Å²) in [6.07, 6.45) is 6.48. The van der Waals surface area contributed by atoms with Crippen molar-refractivity contribution in [3.8, 4) is 11.1 Å². The number of ether oxygens (including phenoxy) is 2. The van der Waals surface area contributed by atoms with Gasteiger partial charge in [0.2, 0.25) is 5.91 Å². The molecule has 314 valence electrons. The third kappa shape index (κ3) is 16.3. The molecule has 5 N–H and O–H groups in total. The van der Waals surface area contributed by atoms with Crippen molar-refractivity contribution in [2.75, 3.05) is 25.7 Å². The molecule has 2 aliphatic rings. The average Bonchev–Trinajstić information content (AvgIpc) is 3.77. The highest BCUT2D eigenvalue weighted by Crippen LogP contribution is 2.45. The predicted octanol–water partition coefficient (Wildman–Crippen LogP) is 9.90. The maximum atomic E-state index is 13.3. The summed E-state index contributed by atoms with van der Waals surface area (Å²) < 4.78 is 16.4. The van der Waals surface area contributed by atoms with Gasteiger partial charge in [0.05, 0.1) is 24.0 Å². The molecule has 0 aromatic heterocycles. The van der Waals surface area contributed by atoms with Crippen LogP contribution in [0.4, 0.5) is 10.5 Å². The number of hydrogen-bond donors (Lipinski definition) is 4. The van der Waals surface area contributed by atoms with Gasteiger partial charge in [-0.1, -0.05) is 126 Å². The zero-order valence-corrected chi connectivity index (χ0v) is 36.7. The molecule has 1 saturated carbocycles. The van der Waals surface area contributed by atoms with Crippen LogP contribution < -0.4 is 16.4 Å². The zero-order chi connectivity index (χ0) is 42.4. The van der Waals surface area contributed by atoms with Gasteiger partial charge in [0.1, 0.15) is 0 Å². The normalized spacial score (nSPS) is 15.6. The van der Waals surface area contributed by atoms with Gasteiger partial charge in [0.15, 0.2) is 12.9 Å². The van der Waals surface area contributed by atoms with Crippen molar-refractivity contribution >= 4 is 32.5 Å². The van der Waals surface area contributed by atoms with Gasteiger partial charge in [0.25, 0.3) is 0 Å². The molecule has 0 bridgehead atoms. The zero-order valence-electron chi connectivity index (χ0n) is 35.7. The highest BCUT2D eigenvalue weighted by atomic mass is 31.1. The van der Waals surface area contributed by atoms with Crippen LogP contribution in [0.2, 0.25) is 0 Å². The van der Waals surface area contributed by atoms with E-state index in [2.05, 4.69) is 55.2 Å². The number of carbonyl (C=O) groups excluding carboxylic acids is 3. The van der Waals surface area contributed by atoms with Crippen LogP contribution in [0.5, 0.6) is 0 Å². The molecule has 10 nitrogen and oxygen atoms in total. The van der Waals surface area contributed by atoms with Crippen molar-refractivity contribution in [2.24, 2.45) is 11.3 Å². The van der Waals surface area contributed by atoms with E-state index in [0.717, 1.165) is 71.2 Å². The van der Waals surface area contributed by atoms with Crippen LogP contribution in [0.25, 0.3) is 11.1 Å². The number of nitrogen functional groups attached to an aromatic ring is 1. The number of hydrogen-bond acceptors (Lipinski definition) is 8. The Morgan fingerprint density at radius 2 is 1.53 bits per heavy atom. The van der Waals surface area contributed by atoms with Crippen molar-refractivity contribution < 1.29 is 33.5 Å². The Bertz CT molecular complexity index is 1660. The van der Waals surface area contributed by atoms with Crippen molar-refractivity contribution in [1.29, 1.82) is 0 Å². The van der Waals surface area contributed by atoms with Gasteiger partial charge in [-0.2, -0.15) is 0 Å². The minimum atomic E-state index is -0.532. The summed E-state index contributed by atoms with van der Waals surface area (Å²) in [6, 6.07) is 23.5. The number of alkyl carbamates (subject to hydrolysis) is 1. The van der Waals surface area contributed by atoms with Gasteiger partial charge in [-0.15, -0.1) is 0 Å². The topological polar surface area (TPSA) is 149 Å². The molecule has 11 heteroatoms. The first-order valence-electron chi connectivity index (χ1n) is 20.4. The number of aliphatic hydroxyl groups excluding tert-OH is 1. The fraction of sp³-hybridized carbons (Fsp3) is 0.500. The number of aryl methyl sites for hydroxylation is 1. The third-order valence-corrected chi connectivity index (χ3v) is 9.61. The molecule has 1 fully saturated rings. The highest BCUT2D eigenvalue weighted by Gasteiger charge is 2.32. The minimum Gasteiger partial charge on any atom is -0.438 e. The van der Waals surface area contributed by atoms with Crippen molar-refractivity contribution in [1.82, 2.24) is 10.6 Å². The fourth-order valence-corrected chi connectivity index (χ4v) is 6.85. The quantitative estimate of drug-likeness (QED) is 0.0333. The Hall–Kier alpha value is -4.24. The molecule has 0 saturated heterocycles. The number of amides is 2. The van der Waals surface area contributed by atoms with Crippen molar-refractivity contribution in [3.63, 3.8) is 0 Å². The first kappa shape index (κ1) is 48.9. The fourth-order valence-electron chi connectivity index (χ4n) is 6.24. The summed E-state index contributed by atoms with van der Waals surface area (Å²) in [5.74, 6) is -0.552. The lowest BCUT2D eigenvalue weighted by atomic mass is 9.98. The van der Waals surface area contributed by atoms with E-state index in [-0.39, 0.29) is 17.8 Å².